The van der Waals surface area contributed by atoms with E-state index in [9.17, 15) is 10.1 Å². The first-order valence-electron chi connectivity index (χ1n) is 8.58. The Balaban J connectivity index is 0.00000225. The molecular weight excluding hydrogens is 348 g/mol. The number of nitro benzene ring substituents is 1. The van der Waals surface area contributed by atoms with Gasteiger partial charge < -0.3 is 14.5 Å². The number of rotatable bonds is 4. The van der Waals surface area contributed by atoms with E-state index in [1.807, 2.05) is 6.07 Å². The predicted molar refractivity (Wildman–Crippen MR) is 94.0 cm³/mol. The van der Waals surface area contributed by atoms with Gasteiger partial charge in [0.25, 0.3) is 0 Å². The monoisotopic (exact) mass is 374 g/mol. The van der Waals surface area contributed by atoms with Crippen molar-refractivity contribution in [3.8, 4) is 5.75 Å². The van der Waals surface area contributed by atoms with Crippen LogP contribution >= 0.6 is 0 Å². The summed E-state index contributed by atoms with van der Waals surface area (Å²) in [5.74, 6) is 0.332. The molecule has 0 aliphatic carbocycles. The van der Waals surface area contributed by atoms with Crippen LogP contribution in [0.1, 0.15) is 12.8 Å². The van der Waals surface area contributed by atoms with E-state index in [0.29, 0.717) is 11.8 Å². The van der Waals surface area contributed by atoms with Crippen LogP contribution in [0.4, 0.5) is 11.4 Å². The van der Waals surface area contributed by atoms with Crippen molar-refractivity contribution in [2.45, 2.75) is 18.9 Å². The van der Waals surface area contributed by atoms with E-state index in [-0.39, 0.29) is 43.4 Å². The molecule has 8 heteroatoms. The Hall–Kier alpha value is -0.600. The fourth-order valence-electron chi connectivity index (χ4n) is 3.69. The van der Waals surface area contributed by atoms with Gasteiger partial charge >= 0.3 is 5.69 Å². The molecule has 0 amide bonds. The van der Waals surface area contributed by atoms with Gasteiger partial charge in [0.2, 0.25) is 0 Å². The molecule has 2 saturated heterocycles. The van der Waals surface area contributed by atoms with Crippen LogP contribution in [0.5, 0.6) is 5.75 Å². The molecule has 7 nitrogen and oxygen atoms in total. The number of piperidine rings is 1. The number of piperazine rings is 1. The van der Waals surface area contributed by atoms with Crippen molar-refractivity contribution in [2.24, 2.45) is 0 Å². The van der Waals surface area contributed by atoms with Gasteiger partial charge in [-0.05, 0) is 26.0 Å². The molecule has 0 N–H and O–H groups in total. The summed E-state index contributed by atoms with van der Waals surface area (Å²) in [5.41, 5.74) is 1.03. The van der Waals surface area contributed by atoms with Gasteiger partial charge in [-0.15, -0.1) is 0 Å². The molecule has 0 bridgehead atoms. The largest absolute Gasteiger partial charge is 0.490 e. The first kappa shape index (κ1) is 20.7. The van der Waals surface area contributed by atoms with Crippen LogP contribution in [0.25, 0.3) is 0 Å². The van der Waals surface area contributed by atoms with E-state index >= 15 is 0 Å². The zero-order valence-electron chi connectivity index (χ0n) is 14.8. The van der Waals surface area contributed by atoms with Crippen LogP contribution < -0.4 is 9.64 Å². The van der Waals surface area contributed by atoms with Crippen molar-refractivity contribution in [1.82, 2.24) is 9.80 Å². The second kappa shape index (κ2) is 9.37. The van der Waals surface area contributed by atoms with Crippen molar-refractivity contribution in [2.75, 3.05) is 58.3 Å². The van der Waals surface area contributed by atoms with Crippen molar-refractivity contribution >= 4 is 11.4 Å². The molecule has 2 aliphatic rings. The summed E-state index contributed by atoms with van der Waals surface area (Å²) >= 11 is 0. The Labute approximate surface area is 179 Å². The summed E-state index contributed by atoms with van der Waals surface area (Å²) in [5, 5.41) is 11.0. The van der Waals surface area contributed by atoms with Crippen molar-refractivity contribution in [3.05, 3.63) is 28.3 Å². The normalized spacial score (nSPS) is 20.2. The number of hydrogen-bond donors (Lipinski definition) is 0. The number of ether oxygens (including phenoxy) is 1. The first-order chi connectivity index (χ1) is 11.6. The molecule has 0 aromatic heterocycles. The molecule has 2 heterocycles. The molecule has 1 aromatic carbocycles. The molecule has 3 rings (SSSR count). The number of benzene rings is 1. The van der Waals surface area contributed by atoms with E-state index in [1.165, 1.54) is 7.11 Å². The second-order valence-electron chi connectivity index (χ2n) is 6.67. The SMILES string of the molecule is COc1cc(N2CCC(N3CCN(C)CC3)CC2)ccc1[N+](=O)[O-].[Ar]. The van der Waals surface area contributed by atoms with Crippen molar-refractivity contribution in [1.29, 1.82) is 0 Å². The third-order valence-corrected chi connectivity index (χ3v) is 5.24. The van der Waals surface area contributed by atoms with Crippen molar-refractivity contribution in [3.63, 3.8) is 0 Å². The van der Waals surface area contributed by atoms with Crippen LogP contribution in [-0.2, 0) is 0 Å². The molecule has 0 atom stereocenters. The average molecular weight is 374 g/mol. The third kappa shape index (κ3) is 4.98. The van der Waals surface area contributed by atoms with E-state index < -0.39 is 4.92 Å². The summed E-state index contributed by atoms with van der Waals surface area (Å²) < 4.78 is 5.18. The minimum Gasteiger partial charge on any atom is -0.490 e. The van der Waals surface area contributed by atoms with Crippen LogP contribution in [0, 0.1) is 47.9 Å². The fourth-order valence-corrected chi connectivity index (χ4v) is 3.69. The molecule has 25 heavy (non-hydrogen) atoms. The molecule has 0 unspecified atom stereocenters. The Kier molecular flexibility index (Phi) is 7.76. The number of nitrogens with zero attached hydrogens (tertiary/aromatic N) is 4. The van der Waals surface area contributed by atoms with Crippen LogP contribution in [-0.4, -0.2) is 74.2 Å². The van der Waals surface area contributed by atoms with E-state index in [1.54, 1.807) is 12.1 Å². The maximum absolute atomic E-state index is 11.0. The van der Waals surface area contributed by atoms with Crippen LogP contribution in [0.2, 0.25) is 0 Å². The molecular formula is C17H26ArN4O3. The Morgan fingerprint density at radius 3 is 2.32 bits per heavy atom. The molecule has 0 spiro atoms. The number of hydrogen-bond acceptors (Lipinski definition) is 6. The summed E-state index contributed by atoms with van der Waals surface area (Å²) in [6.07, 6.45) is 2.28. The predicted octanol–water partition coefficient (Wildman–Crippen LogP) is 1.82. The van der Waals surface area contributed by atoms with Gasteiger partial charge in [0.05, 0.1) is 12.0 Å². The molecule has 1 aromatic rings. The molecule has 2 fully saturated rings. The van der Waals surface area contributed by atoms with E-state index in [2.05, 4.69) is 21.7 Å². The maximum Gasteiger partial charge on any atom is 0.311 e. The van der Waals surface area contributed by atoms with Crippen LogP contribution in [0.3, 0.4) is 0 Å². The topological polar surface area (TPSA) is 62.1 Å². The smallest absolute Gasteiger partial charge is 0.311 e. The van der Waals surface area contributed by atoms with E-state index in [0.717, 1.165) is 57.8 Å². The minimum atomic E-state index is -0.401. The zero-order chi connectivity index (χ0) is 17.1. The standard InChI is InChI=1S/C17H26N4O3.Ar/c1-18-9-11-20(12-10-18)14-5-7-19(8-6-14)15-3-4-16(21(22)23)17(13-15)24-2;/h3-4,13-14H,5-12H2,1-2H3;. The van der Waals surface area contributed by atoms with Crippen molar-refractivity contribution < 1.29 is 47.4 Å². The van der Waals surface area contributed by atoms with Crippen LogP contribution in [0.15, 0.2) is 18.2 Å². The Morgan fingerprint density at radius 2 is 1.76 bits per heavy atom. The van der Waals surface area contributed by atoms with Gasteiger partial charge in [-0.25, -0.2) is 0 Å². The molecule has 0 radical (unpaired) electrons. The average Bonchev–Trinajstić information content (AvgIpc) is 2.62. The van der Waals surface area contributed by atoms with Gasteiger partial charge in [0.15, 0.2) is 5.75 Å². The van der Waals surface area contributed by atoms with Gasteiger partial charge in [-0.1, -0.05) is 0 Å². The van der Waals surface area contributed by atoms with Gasteiger partial charge in [-0.3, -0.25) is 15.0 Å². The zero-order valence-corrected chi connectivity index (χ0v) is 15.5. The molecule has 140 valence electrons. The number of nitro groups is 1. The molecule has 0 saturated carbocycles. The number of methoxy groups -OCH3 is 1. The molecule has 2 aliphatic heterocycles. The summed E-state index contributed by atoms with van der Waals surface area (Å²) in [6.45, 7) is 6.59. The fraction of sp³-hybridized carbons (Fsp3) is 0.647. The van der Waals surface area contributed by atoms with Gasteiger partial charge in [-0.2, -0.15) is 0 Å². The Bertz CT molecular complexity index is 585. The first-order valence-corrected chi connectivity index (χ1v) is 8.58. The second-order valence-corrected chi connectivity index (χ2v) is 6.67. The number of anilines is 1. The summed E-state index contributed by atoms with van der Waals surface area (Å²) in [4.78, 5) is 17.9. The Morgan fingerprint density at radius 1 is 1.12 bits per heavy atom. The van der Waals surface area contributed by atoms with E-state index in [4.69, 9.17) is 4.74 Å². The summed E-state index contributed by atoms with van der Waals surface area (Å²) in [6, 6.07) is 5.82. The third-order valence-electron chi connectivity index (χ3n) is 5.24. The minimum absolute atomic E-state index is 0. The quantitative estimate of drug-likeness (QED) is 0.592. The van der Waals surface area contributed by atoms with Gasteiger partial charge in [0.1, 0.15) is 0 Å². The maximum atomic E-state index is 11.0. The van der Waals surface area contributed by atoms with Gasteiger partial charge in [0, 0.05) is 101 Å². The number of likely N-dealkylation sites (N-methyl/N-ethyl adjacent to an activating group) is 1. The summed E-state index contributed by atoms with van der Waals surface area (Å²) in [7, 11) is 3.66.